The van der Waals surface area contributed by atoms with E-state index in [1.165, 1.54) is 35.6 Å². The van der Waals surface area contributed by atoms with E-state index in [-0.39, 0.29) is 29.5 Å². The van der Waals surface area contributed by atoms with Crippen LogP contribution in [0.2, 0.25) is 0 Å². The van der Waals surface area contributed by atoms with Crippen molar-refractivity contribution in [2.75, 3.05) is 13.1 Å². The van der Waals surface area contributed by atoms with Crippen molar-refractivity contribution in [3.8, 4) is 0 Å². The lowest BCUT2D eigenvalue weighted by molar-refractivity contribution is -0.120. The molecule has 0 radical (unpaired) electrons. The zero-order valence-electron chi connectivity index (χ0n) is 14.3. The fourth-order valence-electron chi connectivity index (χ4n) is 2.06. The minimum Gasteiger partial charge on any atom is -0.355 e. The second-order valence-corrected chi connectivity index (χ2v) is 8.26. The topological polar surface area (TPSA) is 104 Å². The summed E-state index contributed by atoms with van der Waals surface area (Å²) >= 11 is 1.45. The summed E-state index contributed by atoms with van der Waals surface area (Å²) in [6.45, 7) is 2.50. The molecular formula is C17H21N3O4S2. The van der Waals surface area contributed by atoms with Crippen molar-refractivity contribution in [1.82, 2.24) is 15.4 Å². The first-order chi connectivity index (χ1) is 12.4. The number of hydrogen-bond donors (Lipinski definition) is 3. The number of nitrogens with one attached hydrogen (secondary N) is 3. The van der Waals surface area contributed by atoms with Crippen molar-refractivity contribution in [2.24, 2.45) is 0 Å². The highest BCUT2D eigenvalue weighted by atomic mass is 32.2. The molecule has 2 aromatic rings. The molecule has 0 aliphatic heterocycles. The molecule has 0 unspecified atom stereocenters. The molecule has 9 heteroatoms. The van der Waals surface area contributed by atoms with E-state index >= 15 is 0 Å². The molecule has 1 aromatic heterocycles. The Labute approximate surface area is 156 Å². The van der Waals surface area contributed by atoms with Gasteiger partial charge in [-0.05, 0) is 36.1 Å². The Balaban J connectivity index is 1.99. The Morgan fingerprint density at radius 1 is 1.12 bits per heavy atom. The van der Waals surface area contributed by atoms with Gasteiger partial charge in [0.2, 0.25) is 15.9 Å². The summed E-state index contributed by atoms with van der Waals surface area (Å²) in [5.74, 6) is -0.798. The molecule has 0 fully saturated rings. The highest BCUT2D eigenvalue weighted by Crippen LogP contribution is 2.14. The van der Waals surface area contributed by atoms with Crippen LogP contribution in [0.4, 0.5) is 0 Å². The van der Waals surface area contributed by atoms with Crippen LogP contribution in [0, 0.1) is 0 Å². The molecule has 140 valence electrons. The minimum atomic E-state index is -3.74. The summed E-state index contributed by atoms with van der Waals surface area (Å²) in [4.78, 5) is 24.6. The normalized spacial score (nSPS) is 11.1. The van der Waals surface area contributed by atoms with E-state index in [0.29, 0.717) is 6.54 Å². The number of hydrogen-bond acceptors (Lipinski definition) is 5. The fraction of sp³-hybridized carbons (Fsp3) is 0.294. The minimum absolute atomic E-state index is 0.00265. The van der Waals surface area contributed by atoms with E-state index in [9.17, 15) is 18.0 Å². The number of thiophene rings is 1. The van der Waals surface area contributed by atoms with Crippen LogP contribution in [0.1, 0.15) is 28.6 Å². The second-order valence-electron chi connectivity index (χ2n) is 5.46. The van der Waals surface area contributed by atoms with Crippen molar-refractivity contribution >= 4 is 33.2 Å². The van der Waals surface area contributed by atoms with E-state index in [0.717, 1.165) is 11.3 Å². The van der Waals surface area contributed by atoms with Gasteiger partial charge in [0, 0.05) is 23.5 Å². The summed E-state index contributed by atoms with van der Waals surface area (Å²) in [6.07, 6.45) is 0.804. The smallest absolute Gasteiger partial charge is 0.251 e. The van der Waals surface area contributed by atoms with Gasteiger partial charge in [0.25, 0.3) is 5.91 Å². The van der Waals surface area contributed by atoms with Crippen LogP contribution >= 0.6 is 11.3 Å². The molecule has 0 aliphatic rings. The van der Waals surface area contributed by atoms with E-state index in [4.69, 9.17) is 0 Å². The molecule has 0 atom stereocenters. The highest BCUT2D eigenvalue weighted by molar-refractivity contribution is 7.89. The molecular weight excluding hydrogens is 374 g/mol. The van der Waals surface area contributed by atoms with Gasteiger partial charge >= 0.3 is 0 Å². The molecule has 0 spiro atoms. The van der Waals surface area contributed by atoms with Crippen LogP contribution in [0.5, 0.6) is 0 Å². The number of benzene rings is 1. The van der Waals surface area contributed by atoms with Crippen molar-refractivity contribution < 1.29 is 18.0 Å². The van der Waals surface area contributed by atoms with E-state index in [2.05, 4.69) is 15.4 Å². The quantitative estimate of drug-likeness (QED) is 0.598. The Hall–Kier alpha value is -2.23. The largest absolute Gasteiger partial charge is 0.355 e. The molecule has 1 heterocycles. The maximum Gasteiger partial charge on any atom is 0.251 e. The fourth-order valence-corrected chi connectivity index (χ4v) is 3.84. The molecule has 1 aromatic carbocycles. The van der Waals surface area contributed by atoms with Gasteiger partial charge in [-0.2, -0.15) is 0 Å². The van der Waals surface area contributed by atoms with Gasteiger partial charge in [-0.25, -0.2) is 13.1 Å². The molecule has 7 nitrogen and oxygen atoms in total. The van der Waals surface area contributed by atoms with Crippen molar-refractivity contribution in [1.29, 1.82) is 0 Å². The molecule has 0 aliphatic carbocycles. The molecule has 0 bridgehead atoms. The van der Waals surface area contributed by atoms with Crippen LogP contribution in [0.25, 0.3) is 0 Å². The predicted octanol–water partition coefficient (Wildman–Crippen LogP) is 1.48. The number of sulfonamides is 1. The lowest BCUT2D eigenvalue weighted by atomic mass is 10.2. The van der Waals surface area contributed by atoms with E-state index in [1.54, 1.807) is 0 Å². The van der Waals surface area contributed by atoms with Gasteiger partial charge in [-0.3, -0.25) is 9.59 Å². The molecule has 0 saturated carbocycles. The molecule has 2 amide bonds. The molecule has 3 N–H and O–H groups in total. The third kappa shape index (κ3) is 5.94. The van der Waals surface area contributed by atoms with E-state index < -0.39 is 15.9 Å². The highest BCUT2D eigenvalue weighted by Gasteiger charge is 2.16. The Kier molecular flexibility index (Phi) is 7.31. The summed E-state index contributed by atoms with van der Waals surface area (Å²) in [5.41, 5.74) is 0.173. The average molecular weight is 396 g/mol. The van der Waals surface area contributed by atoms with Crippen LogP contribution in [0.3, 0.4) is 0 Å². The number of carbonyl (C=O) groups excluding carboxylic acids is 2. The maximum absolute atomic E-state index is 12.4. The summed E-state index contributed by atoms with van der Waals surface area (Å²) in [6, 6.07) is 9.37. The van der Waals surface area contributed by atoms with Crippen molar-refractivity contribution in [3.05, 3.63) is 52.2 Å². The van der Waals surface area contributed by atoms with Crippen LogP contribution < -0.4 is 15.4 Å². The maximum atomic E-state index is 12.4. The monoisotopic (exact) mass is 395 g/mol. The standard InChI is InChI=1S/C17H21N3O4S2/c1-2-8-18-16(21)12-19-17(22)13-5-3-7-15(10-13)26(23,24)20-11-14-6-4-9-25-14/h3-7,9-10,20H,2,8,11-12H2,1H3,(H,18,21)(H,19,22). The molecule has 2 rings (SSSR count). The van der Waals surface area contributed by atoms with Crippen molar-refractivity contribution in [3.63, 3.8) is 0 Å². The first-order valence-corrected chi connectivity index (χ1v) is 10.5. The Morgan fingerprint density at radius 2 is 1.92 bits per heavy atom. The van der Waals surface area contributed by atoms with Gasteiger partial charge in [-0.15, -0.1) is 11.3 Å². The van der Waals surface area contributed by atoms with Gasteiger partial charge in [0.05, 0.1) is 11.4 Å². The van der Waals surface area contributed by atoms with Crippen molar-refractivity contribution in [2.45, 2.75) is 24.8 Å². The third-order valence-electron chi connectivity index (χ3n) is 3.40. The lowest BCUT2D eigenvalue weighted by Gasteiger charge is -2.09. The first-order valence-electron chi connectivity index (χ1n) is 8.09. The number of rotatable bonds is 9. The summed E-state index contributed by atoms with van der Waals surface area (Å²) in [7, 11) is -3.74. The SMILES string of the molecule is CCCNC(=O)CNC(=O)c1cccc(S(=O)(=O)NCc2cccs2)c1. The predicted molar refractivity (Wildman–Crippen MR) is 100 cm³/mol. The number of amides is 2. The van der Waals surface area contributed by atoms with Crippen LogP contribution in [0.15, 0.2) is 46.7 Å². The second kappa shape index (κ2) is 9.46. The van der Waals surface area contributed by atoms with Gasteiger partial charge in [0.1, 0.15) is 0 Å². The first kappa shape index (κ1) is 20.1. The Bertz CT molecular complexity index is 849. The zero-order valence-corrected chi connectivity index (χ0v) is 16.0. The zero-order chi connectivity index (χ0) is 19.0. The lowest BCUT2D eigenvalue weighted by Crippen LogP contribution is -2.37. The van der Waals surface area contributed by atoms with Crippen LogP contribution in [-0.4, -0.2) is 33.3 Å². The molecule has 26 heavy (non-hydrogen) atoms. The third-order valence-corrected chi connectivity index (χ3v) is 5.68. The molecule has 0 saturated heterocycles. The van der Waals surface area contributed by atoms with Gasteiger partial charge in [-0.1, -0.05) is 19.1 Å². The summed E-state index contributed by atoms with van der Waals surface area (Å²) in [5, 5.41) is 6.99. The number of carbonyl (C=O) groups is 2. The average Bonchev–Trinajstić information content (AvgIpc) is 3.16. The van der Waals surface area contributed by atoms with Crippen LogP contribution in [-0.2, 0) is 21.4 Å². The van der Waals surface area contributed by atoms with Gasteiger partial charge < -0.3 is 10.6 Å². The summed E-state index contributed by atoms with van der Waals surface area (Å²) < 4.78 is 27.3. The van der Waals surface area contributed by atoms with Gasteiger partial charge in [0.15, 0.2) is 0 Å². The Morgan fingerprint density at radius 3 is 2.62 bits per heavy atom. The van der Waals surface area contributed by atoms with E-state index in [1.807, 2.05) is 24.4 Å².